The van der Waals surface area contributed by atoms with Crippen LogP contribution in [0.2, 0.25) is 0 Å². The number of hydrogen-bond donors (Lipinski definition) is 0. The van der Waals surface area contributed by atoms with Crippen molar-refractivity contribution in [2.24, 2.45) is 0 Å². The van der Waals surface area contributed by atoms with Gasteiger partial charge >= 0.3 is 0 Å². The Balaban J connectivity index is 1.38. The highest BCUT2D eigenvalue weighted by molar-refractivity contribution is 6.21. The molecular weight excluding hydrogens is 528 g/mol. The number of hydrogen-bond acceptors (Lipinski definition) is 0. The molecule has 0 unspecified atom stereocenters. The third-order valence-corrected chi connectivity index (χ3v) is 8.41. The van der Waals surface area contributed by atoms with Crippen molar-refractivity contribution >= 4 is 27.1 Å². The normalized spacial score (nSPS) is 11.5. The molecule has 0 heteroatoms. The molecule has 0 aliphatic carbocycles. The van der Waals surface area contributed by atoms with Gasteiger partial charge < -0.3 is 0 Å². The van der Waals surface area contributed by atoms with Crippen LogP contribution in [0.3, 0.4) is 0 Å². The first kappa shape index (κ1) is 27.1. The summed E-state index contributed by atoms with van der Waals surface area (Å²) < 4.78 is 0. The van der Waals surface area contributed by atoms with Crippen LogP contribution in [0.4, 0.5) is 0 Å². The SMILES string of the molecule is C=C/C=C(\C=C)c1cccc(-c2ccc(-c3c4ccccc4c(-c4cccc(-c5ccccc5)c4)c4ccccc34)cc2)c1. The molecule has 44 heavy (non-hydrogen) atoms. The fourth-order valence-corrected chi connectivity index (χ4v) is 6.35. The standard InChI is InChI=1S/C44H32/c1-3-14-31(4-2)35-17-12-18-36(29-35)33-25-27-34(28-26-33)43-39-21-8-10-23-41(39)44(42-24-11-9-22-40(42)43)38-20-13-19-37(30-38)32-15-6-5-7-16-32/h3-30H,1-2H2/b31-14+. The summed E-state index contributed by atoms with van der Waals surface area (Å²) >= 11 is 0. The quantitative estimate of drug-likeness (QED) is 0.134. The Morgan fingerprint density at radius 1 is 0.386 bits per heavy atom. The van der Waals surface area contributed by atoms with Crippen LogP contribution in [0, 0.1) is 0 Å². The van der Waals surface area contributed by atoms with Gasteiger partial charge in [0.05, 0.1) is 0 Å². The minimum atomic E-state index is 1.06. The van der Waals surface area contributed by atoms with Crippen LogP contribution in [-0.4, -0.2) is 0 Å². The smallest absolute Gasteiger partial charge is 0.00262 e. The van der Waals surface area contributed by atoms with Gasteiger partial charge in [-0.15, -0.1) is 0 Å². The molecule has 0 saturated carbocycles. The zero-order valence-corrected chi connectivity index (χ0v) is 24.6. The van der Waals surface area contributed by atoms with Crippen molar-refractivity contribution in [1.82, 2.24) is 0 Å². The maximum Gasteiger partial charge on any atom is -0.00262 e. The second-order valence-electron chi connectivity index (χ2n) is 11.0. The van der Waals surface area contributed by atoms with E-state index in [0.717, 1.165) is 11.1 Å². The number of fused-ring (bicyclic) bond motifs is 2. The number of benzene rings is 7. The Labute approximate surface area is 259 Å². The lowest BCUT2D eigenvalue weighted by Gasteiger charge is -2.18. The minimum absolute atomic E-state index is 1.06. The maximum atomic E-state index is 3.98. The van der Waals surface area contributed by atoms with E-state index in [2.05, 4.69) is 165 Å². The molecule has 0 heterocycles. The highest BCUT2D eigenvalue weighted by Gasteiger charge is 2.17. The molecule has 0 amide bonds. The molecule has 0 fully saturated rings. The Morgan fingerprint density at radius 2 is 0.841 bits per heavy atom. The summed E-state index contributed by atoms with van der Waals surface area (Å²) in [6.45, 7) is 7.83. The van der Waals surface area contributed by atoms with Gasteiger partial charge in [-0.2, -0.15) is 0 Å². The first-order chi connectivity index (χ1) is 21.7. The largest absolute Gasteiger partial charge is 0.0990 e. The van der Waals surface area contributed by atoms with Gasteiger partial charge in [-0.05, 0) is 89.3 Å². The molecule has 0 spiro atoms. The van der Waals surface area contributed by atoms with Crippen molar-refractivity contribution in [1.29, 1.82) is 0 Å². The van der Waals surface area contributed by atoms with Crippen LogP contribution >= 0.6 is 0 Å². The highest BCUT2D eigenvalue weighted by atomic mass is 14.2. The fraction of sp³-hybridized carbons (Fsp3) is 0. The van der Waals surface area contributed by atoms with Gasteiger partial charge in [0.2, 0.25) is 0 Å². The summed E-state index contributed by atoms with van der Waals surface area (Å²) in [6, 6.07) is 54.8. The van der Waals surface area contributed by atoms with Gasteiger partial charge in [-0.1, -0.05) is 171 Å². The second kappa shape index (κ2) is 11.9. The topological polar surface area (TPSA) is 0 Å². The lowest BCUT2D eigenvalue weighted by atomic mass is 9.85. The van der Waals surface area contributed by atoms with Crippen molar-refractivity contribution in [3.8, 4) is 44.5 Å². The van der Waals surface area contributed by atoms with Gasteiger partial charge in [-0.3, -0.25) is 0 Å². The van der Waals surface area contributed by atoms with Crippen molar-refractivity contribution in [2.75, 3.05) is 0 Å². The molecule has 7 rings (SSSR count). The monoisotopic (exact) mass is 560 g/mol. The predicted octanol–water partition coefficient (Wildman–Crippen LogP) is 12.4. The third kappa shape index (κ3) is 4.97. The van der Waals surface area contributed by atoms with Crippen molar-refractivity contribution in [3.05, 3.63) is 189 Å². The Bertz CT molecular complexity index is 2120. The summed E-state index contributed by atoms with van der Waals surface area (Å²) in [5, 5.41) is 5.03. The van der Waals surface area contributed by atoms with Crippen LogP contribution in [0.15, 0.2) is 183 Å². The maximum absolute atomic E-state index is 3.98. The highest BCUT2D eigenvalue weighted by Crippen LogP contribution is 2.44. The summed E-state index contributed by atoms with van der Waals surface area (Å²) in [4.78, 5) is 0. The van der Waals surface area contributed by atoms with E-state index in [0.29, 0.717) is 0 Å². The number of rotatable bonds is 7. The number of allylic oxidation sites excluding steroid dienone is 4. The molecule has 0 aliphatic rings. The second-order valence-corrected chi connectivity index (χ2v) is 11.0. The van der Waals surface area contributed by atoms with Gasteiger partial charge in [0.15, 0.2) is 0 Å². The molecule has 0 N–H and O–H groups in total. The molecule has 0 bridgehead atoms. The van der Waals surface area contributed by atoms with E-state index in [4.69, 9.17) is 0 Å². The average Bonchev–Trinajstić information content (AvgIpc) is 3.10. The molecule has 7 aromatic carbocycles. The van der Waals surface area contributed by atoms with E-state index >= 15 is 0 Å². The van der Waals surface area contributed by atoms with Gasteiger partial charge in [-0.25, -0.2) is 0 Å². The van der Waals surface area contributed by atoms with Crippen LogP contribution < -0.4 is 0 Å². The zero-order valence-electron chi connectivity index (χ0n) is 24.6. The molecule has 208 valence electrons. The van der Waals surface area contributed by atoms with Gasteiger partial charge in [0.25, 0.3) is 0 Å². The molecule has 0 radical (unpaired) electrons. The van der Waals surface area contributed by atoms with E-state index in [1.54, 1.807) is 6.08 Å². The molecule has 0 nitrogen and oxygen atoms in total. The van der Waals surface area contributed by atoms with Crippen molar-refractivity contribution in [2.45, 2.75) is 0 Å². The zero-order chi connectivity index (χ0) is 29.9. The molecule has 0 aromatic heterocycles. The van der Waals surface area contributed by atoms with Crippen LogP contribution in [0.25, 0.3) is 71.6 Å². The Hall–Kier alpha value is -5.72. The molecule has 0 saturated heterocycles. The first-order valence-corrected chi connectivity index (χ1v) is 15.0. The minimum Gasteiger partial charge on any atom is -0.0990 e. The summed E-state index contributed by atoms with van der Waals surface area (Å²) in [6.07, 6.45) is 5.67. The van der Waals surface area contributed by atoms with Crippen LogP contribution in [0.1, 0.15) is 5.56 Å². The Morgan fingerprint density at radius 3 is 1.43 bits per heavy atom. The van der Waals surface area contributed by atoms with Crippen LogP contribution in [-0.2, 0) is 0 Å². The lowest BCUT2D eigenvalue weighted by Crippen LogP contribution is -1.91. The molecule has 0 aliphatic heterocycles. The van der Waals surface area contributed by atoms with E-state index in [-0.39, 0.29) is 0 Å². The molecule has 7 aromatic rings. The Kier molecular flexibility index (Phi) is 7.32. The first-order valence-electron chi connectivity index (χ1n) is 15.0. The van der Waals surface area contributed by atoms with Crippen molar-refractivity contribution in [3.63, 3.8) is 0 Å². The summed E-state index contributed by atoms with van der Waals surface area (Å²) in [5.74, 6) is 0. The van der Waals surface area contributed by atoms with E-state index < -0.39 is 0 Å². The van der Waals surface area contributed by atoms with Crippen molar-refractivity contribution < 1.29 is 0 Å². The predicted molar refractivity (Wildman–Crippen MR) is 192 cm³/mol. The summed E-state index contributed by atoms with van der Waals surface area (Å²) in [7, 11) is 0. The van der Waals surface area contributed by atoms with Gasteiger partial charge in [0, 0.05) is 0 Å². The van der Waals surface area contributed by atoms with E-state index in [1.807, 2.05) is 12.2 Å². The summed E-state index contributed by atoms with van der Waals surface area (Å²) in [5.41, 5.74) is 12.0. The van der Waals surface area contributed by atoms with E-state index in [1.165, 1.54) is 66.1 Å². The fourth-order valence-electron chi connectivity index (χ4n) is 6.35. The van der Waals surface area contributed by atoms with Gasteiger partial charge in [0.1, 0.15) is 0 Å². The average molecular weight is 561 g/mol. The van der Waals surface area contributed by atoms with Crippen LogP contribution in [0.5, 0.6) is 0 Å². The molecule has 0 atom stereocenters. The third-order valence-electron chi connectivity index (χ3n) is 8.41. The lowest BCUT2D eigenvalue weighted by molar-refractivity contribution is 1.57. The van der Waals surface area contributed by atoms with E-state index in [9.17, 15) is 0 Å². The molecular formula is C44H32.